The fourth-order valence-corrected chi connectivity index (χ4v) is 4.43. The van der Waals surface area contributed by atoms with Gasteiger partial charge in [0.15, 0.2) is 0 Å². The number of nitriles is 1. The molecular formula is C22H24FN3O. The maximum atomic E-state index is 14.3. The van der Waals surface area contributed by atoms with Gasteiger partial charge in [-0.25, -0.2) is 4.39 Å². The average molecular weight is 365 g/mol. The molecule has 1 atom stereocenters. The minimum absolute atomic E-state index is 0.0901. The van der Waals surface area contributed by atoms with Crippen LogP contribution in [0.4, 0.5) is 10.1 Å². The normalized spacial score (nSPS) is 20.2. The van der Waals surface area contributed by atoms with Crippen LogP contribution in [-0.4, -0.2) is 36.2 Å². The molecule has 0 aromatic heterocycles. The molecular weight excluding hydrogens is 341 g/mol. The van der Waals surface area contributed by atoms with E-state index in [4.69, 9.17) is 5.26 Å². The number of hydrogen-bond donors (Lipinski definition) is 1. The second kappa shape index (κ2) is 7.67. The van der Waals surface area contributed by atoms with Crippen molar-refractivity contribution in [2.75, 3.05) is 31.1 Å². The number of aliphatic hydroxyl groups is 1. The molecule has 0 unspecified atom stereocenters. The average Bonchev–Trinajstić information content (AvgIpc) is 2.73. The fraction of sp³-hybridized carbons (Fsp3) is 0.409. The van der Waals surface area contributed by atoms with Gasteiger partial charge in [-0.1, -0.05) is 18.2 Å². The number of halogens is 1. The quantitative estimate of drug-likeness (QED) is 0.906. The molecule has 0 saturated carbocycles. The molecule has 0 amide bonds. The van der Waals surface area contributed by atoms with E-state index < -0.39 is 0 Å². The predicted octanol–water partition coefficient (Wildman–Crippen LogP) is 3.39. The molecule has 5 heteroatoms. The standard InChI is InChI=1S/C22H24FN3O/c23-20-13-16(14-24)5-7-22(20)26-10-8-25(9-11-26)21-3-1-2-18-12-17(15-27)4-6-19(18)21/h4-7,12-13,21,27H,1-3,8-11,15H2/t21-/m1/s1. The summed E-state index contributed by atoms with van der Waals surface area (Å²) in [5.74, 6) is -0.318. The third kappa shape index (κ3) is 3.55. The van der Waals surface area contributed by atoms with E-state index in [1.54, 1.807) is 12.1 Å². The molecule has 1 aliphatic carbocycles. The molecule has 1 N–H and O–H groups in total. The fourth-order valence-electron chi connectivity index (χ4n) is 4.43. The molecule has 1 fully saturated rings. The Bertz CT molecular complexity index is 868. The van der Waals surface area contributed by atoms with E-state index >= 15 is 0 Å². The molecule has 4 rings (SSSR count). The number of nitrogens with zero attached hydrogens (tertiary/aromatic N) is 3. The van der Waals surface area contributed by atoms with Crippen molar-refractivity contribution >= 4 is 5.69 Å². The number of benzene rings is 2. The Balaban J connectivity index is 1.47. The van der Waals surface area contributed by atoms with Crippen molar-refractivity contribution in [3.63, 3.8) is 0 Å². The first kappa shape index (κ1) is 18.0. The second-order valence-corrected chi connectivity index (χ2v) is 7.40. The third-order valence-electron chi connectivity index (χ3n) is 5.85. The Hall–Kier alpha value is -2.42. The van der Waals surface area contributed by atoms with E-state index in [9.17, 15) is 9.50 Å². The molecule has 1 heterocycles. The minimum Gasteiger partial charge on any atom is -0.392 e. The topological polar surface area (TPSA) is 50.5 Å². The van der Waals surface area contributed by atoms with E-state index in [0.717, 1.165) is 51.0 Å². The largest absolute Gasteiger partial charge is 0.392 e. The van der Waals surface area contributed by atoms with Gasteiger partial charge in [0.1, 0.15) is 5.82 Å². The number of aliphatic hydroxyl groups excluding tert-OH is 1. The highest BCUT2D eigenvalue weighted by Crippen LogP contribution is 2.36. The van der Waals surface area contributed by atoms with Gasteiger partial charge in [0.25, 0.3) is 0 Å². The lowest BCUT2D eigenvalue weighted by Gasteiger charge is -2.42. The zero-order valence-electron chi connectivity index (χ0n) is 15.4. The van der Waals surface area contributed by atoms with Crippen molar-refractivity contribution in [3.05, 3.63) is 64.5 Å². The van der Waals surface area contributed by atoms with Crippen LogP contribution in [0.25, 0.3) is 0 Å². The van der Waals surface area contributed by atoms with E-state index in [1.165, 1.54) is 17.2 Å². The van der Waals surface area contributed by atoms with Gasteiger partial charge in [-0.05, 0) is 54.2 Å². The van der Waals surface area contributed by atoms with Gasteiger partial charge in [-0.15, -0.1) is 0 Å². The van der Waals surface area contributed by atoms with Gasteiger partial charge in [0, 0.05) is 32.2 Å². The summed E-state index contributed by atoms with van der Waals surface area (Å²) in [6.07, 6.45) is 3.39. The first-order valence-electron chi connectivity index (χ1n) is 9.61. The van der Waals surface area contributed by atoms with Gasteiger partial charge in [0.05, 0.1) is 23.9 Å². The van der Waals surface area contributed by atoms with Crippen molar-refractivity contribution in [1.29, 1.82) is 5.26 Å². The molecule has 1 saturated heterocycles. The minimum atomic E-state index is -0.318. The molecule has 27 heavy (non-hydrogen) atoms. The highest BCUT2D eigenvalue weighted by Gasteiger charge is 2.29. The van der Waals surface area contributed by atoms with Crippen LogP contribution in [0.15, 0.2) is 36.4 Å². The molecule has 0 bridgehead atoms. The number of rotatable bonds is 3. The number of aryl methyl sites for hydroxylation is 1. The summed E-state index contributed by atoms with van der Waals surface area (Å²) in [4.78, 5) is 4.58. The van der Waals surface area contributed by atoms with Crippen molar-refractivity contribution in [2.24, 2.45) is 0 Å². The van der Waals surface area contributed by atoms with E-state index in [2.05, 4.69) is 21.9 Å². The summed E-state index contributed by atoms with van der Waals surface area (Å²) in [7, 11) is 0. The monoisotopic (exact) mass is 365 g/mol. The van der Waals surface area contributed by atoms with E-state index in [1.807, 2.05) is 12.1 Å². The Morgan fingerprint density at radius 3 is 2.63 bits per heavy atom. The van der Waals surface area contributed by atoms with E-state index in [-0.39, 0.29) is 12.4 Å². The van der Waals surface area contributed by atoms with Gasteiger partial charge in [-0.2, -0.15) is 5.26 Å². The van der Waals surface area contributed by atoms with E-state index in [0.29, 0.717) is 17.3 Å². The Morgan fingerprint density at radius 1 is 1.11 bits per heavy atom. The summed E-state index contributed by atoms with van der Waals surface area (Å²) < 4.78 is 14.3. The molecule has 0 spiro atoms. The third-order valence-corrected chi connectivity index (χ3v) is 5.85. The van der Waals surface area contributed by atoms with Crippen LogP contribution in [0.1, 0.15) is 41.1 Å². The van der Waals surface area contributed by atoms with Crippen molar-refractivity contribution in [2.45, 2.75) is 31.9 Å². The number of hydrogen-bond acceptors (Lipinski definition) is 4. The summed E-state index contributed by atoms with van der Waals surface area (Å²) >= 11 is 0. The first-order valence-corrected chi connectivity index (χ1v) is 9.61. The highest BCUT2D eigenvalue weighted by molar-refractivity contribution is 5.51. The van der Waals surface area contributed by atoms with Crippen LogP contribution in [0.3, 0.4) is 0 Å². The smallest absolute Gasteiger partial charge is 0.147 e. The molecule has 2 aromatic rings. The lowest BCUT2D eigenvalue weighted by molar-refractivity contribution is 0.168. The van der Waals surface area contributed by atoms with Crippen LogP contribution in [0.5, 0.6) is 0 Å². The lowest BCUT2D eigenvalue weighted by Crippen LogP contribution is -2.48. The van der Waals surface area contributed by atoms with Gasteiger partial charge >= 0.3 is 0 Å². The predicted molar refractivity (Wildman–Crippen MR) is 103 cm³/mol. The Kier molecular flexibility index (Phi) is 5.11. The maximum Gasteiger partial charge on any atom is 0.147 e. The van der Waals surface area contributed by atoms with Crippen LogP contribution in [0, 0.1) is 17.1 Å². The molecule has 2 aliphatic rings. The van der Waals surface area contributed by atoms with Crippen LogP contribution < -0.4 is 4.90 Å². The second-order valence-electron chi connectivity index (χ2n) is 7.40. The number of fused-ring (bicyclic) bond motifs is 1. The van der Waals surface area contributed by atoms with Gasteiger partial charge in [0.2, 0.25) is 0 Å². The number of piperazine rings is 1. The summed E-state index contributed by atoms with van der Waals surface area (Å²) in [6, 6.07) is 13.5. The highest BCUT2D eigenvalue weighted by atomic mass is 19.1. The molecule has 4 nitrogen and oxygen atoms in total. The summed E-state index contributed by atoms with van der Waals surface area (Å²) in [5, 5.41) is 18.3. The first-order chi connectivity index (χ1) is 13.2. The molecule has 140 valence electrons. The Morgan fingerprint density at radius 2 is 1.93 bits per heavy atom. The maximum absolute atomic E-state index is 14.3. The molecule has 1 aliphatic heterocycles. The molecule has 0 radical (unpaired) electrons. The number of anilines is 1. The van der Waals surface area contributed by atoms with Crippen molar-refractivity contribution in [3.8, 4) is 6.07 Å². The van der Waals surface area contributed by atoms with Gasteiger partial charge < -0.3 is 10.0 Å². The van der Waals surface area contributed by atoms with Gasteiger partial charge in [-0.3, -0.25) is 4.90 Å². The SMILES string of the molecule is N#Cc1ccc(N2CCN([C@@H]3CCCc4cc(CO)ccc43)CC2)c(F)c1. The van der Waals surface area contributed by atoms with Crippen molar-refractivity contribution in [1.82, 2.24) is 4.90 Å². The van der Waals surface area contributed by atoms with Crippen molar-refractivity contribution < 1.29 is 9.50 Å². The summed E-state index contributed by atoms with van der Waals surface area (Å²) in [5.41, 5.74) is 4.67. The van der Waals surface area contributed by atoms with Crippen LogP contribution >= 0.6 is 0 Å². The Labute approximate surface area is 159 Å². The zero-order valence-corrected chi connectivity index (χ0v) is 15.4. The van der Waals surface area contributed by atoms with Crippen LogP contribution in [0.2, 0.25) is 0 Å². The van der Waals surface area contributed by atoms with Crippen LogP contribution in [-0.2, 0) is 13.0 Å². The lowest BCUT2D eigenvalue weighted by atomic mass is 9.85. The summed E-state index contributed by atoms with van der Waals surface area (Å²) in [6.45, 7) is 3.44. The molecule has 2 aromatic carbocycles. The zero-order chi connectivity index (χ0) is 18.8.